The first-order chi connectivity index (χ1) is 27.4. The Bertz CT molecular complexity index is 1420. The number of hydrogen-bond acceptors (Lipinski definition) is 17. The predicted molar refractivity (Wildman–Crippen MR) is 246 cm³/mol. The van der Waals surface area contributed by atoms with Crippen LogP contribution in [-0.2, 0) is 54.1 Å². The monoisotopic (exact) mass is 1000 g/mol. The SMILES string of the molecule is C.CN1CCN(C(CCNC(=S)SCC[C@H](N)C(=O)O)C(=O)O)Cc2cccc(n2)CN(C(CCNC(=S)SCC[C@H](N)C(=O)O)C(=O)O)CC1.N[C@@H](CCS)C(=O)O.O.[Mn]. The van der Waals surface area contributed by atoms with Crippen molar-refractivity contribution < 1.29 is 72.1 Å². The van der Waals surface area contributed by atoms with Crippen molar-refractivity contribution in [3.8, 4) is 0 Å². The van der Waals surface area contributed by atoms with E-state index in [-0.39, 0.29) is 68.7 Å². The van der Waals surface area contributed by atoms with Crippen LogP contribution in [0.4, 0.5) is 0 Å². The van der Waals surface area contributed by atoms with E-state index in [2.05, 4.69) is 23.3 Å². The van der Waals surface area contributed by atoms with Crippen LogP contribution in [0.1, 0.15) is 50.9 Å². The molecule has 1 aromatic heterocycles. The van der Waals surface area contributed by atoms with Crippen molar-refractivity contribution >= 4 is 99.1 Å². The molecule has 20 nitrogen and oxygen atoms in total. The largest absolute Gasteiger partial charge is 0.480 e. The van der Waals surface area contributed by atoms with Crippen LogP contribution < -0.4 is 27.8 Å². The van der Waals surface area contributed by atoms with Crippen molar-refractivity contribution in [1.29, 1.82) is 0 Å². The summed E-state index contributed by atoms with van der Waals surface area (Å²) in [7, 11) is 1.91. The number of aromatic nitrogens is 1. The molecule has 2 rings (SSSR count). The summed E-state index contributed by atoms with van der Waals surface area (Å²) in [6, 6.07) is 1.12. The van der Waals surface area contributed by atoms with Gasteiger partial charge in [0.2, 0.25) is 0 Å². The van der Waals surface area contributed by atoms with Gasteiger partial charge in [-0.1, -0.05) is 61.5 Å². The fraction of sp³-hybridized carbons (Fsp3) is 0.657. The number of fused-ring (bicyclic) bond motifs is 2. The number of carbonyl (C=O) groups is 5. The van der Waals surface area contributed by atoms with Crippen molar-refractivity contribution in [3.05, 3.63) is 29.6 Å². The Labute approximate surface area is 392 Å². The summed E-state index contributed by atoms with van der Waals surface area (Å²) in [4.78, 5) is 67.2. The van der Waals surface area contributed by atoms with E-state index in [9.17, 15) is 34.2 Å². The third kappa shape index (κ3) is 27.4. The van der Waals surface area contributed by atoms with Gasteiger partial charge in [0, 0.05) is 80.9 Å². The van der Waals surface area contributed by atoms with E-state index in [1.165, 1.54) is 23.5 Å². The van der Waals surface area contributed by atoms with E-state index in [0.717, 1.165) is 0 Å². The van der Waals surface area contributed by atoms with E-state index in [1.54, 1.807) is 0 Å². The Kier molecular flexibility index (Phi) is 36.0. The van der Waals surface area contributed by atoms with Gasteiger partial charge in [0.25, 0.3) is 0 Å². The second-order valence-corrected chi connectivity index (χ2v) is 17.2. The number of rotatable bonds is 21. The van der Waals surface area contributed by atoms with Crippen LogP contribution in [0.15, 0.2) is 18.2 Å². The maximum atomic E-state index is 12.5. The topological polar surface area (TPSA) is 343 Å². The molecule has 2 bridgehead atoms. The molecule has 2 heterocycles. The number of carboxylic acid groups (broad SMARTS) is 5. The first-order valence-electron chi connectivity index (χ1n) is 18.3. The molecule has 0 amide bonds. The zero-order chi connectivity index (χ0) is 43.8. The van der Waals surface area contributed by atoms with Gasteiger partial charge in [-0.05, 0) is 57.0 Å². The number of thiol groups is 1. The van der Waals surface area contributed by atoms with Crippen LogP contribution in [0.25, 0.3) is 0 Å². The van der Waals surface area contributed by atoms with Gasteiger partial charge in [-0.15, -0.1) is 0 Å². The summed E-state index contributed by atoms with van der Waals surface area (Å²) in [6.45, 7) is 3.03. The number of likely N-dealkylation sites (N-methyl/N-ethyl adjacent to an activating group) is 1. The van der Waals surface area contributed by atoms with Gasteiger partial charge in [-0.3, -0.25) is 38.8 Å². The van der Waals surface area contributed by atoms with Gasteiger partial charge in [-0.2, -0.15) is 12.6 Å². The standard InChI is InChI=1S/C30H48N8O8S4.C4H9NO2S.CH4.Mn.H2O/c1-36-11-13-37(23(27(43)44)5-9-33-29(47)49-15-7-21(31)25(39)40)17-19-3-2-4-20(35-19)18-38(14-12-36)24(28(45)46)6-10-34-30(48)50-16-8-22(32)26(41)42;5-3(1-2-8)4(6)7;;;/h2-4,21-24H,5-18,31-32H2,1H3,(H,33,47)(H,34,48)(H,39,40)(H,41,42)(H,43,44)(H,45,46);3,8H,1-2,5H2,(H,6,7);1H4;;1H2/t21-,22-,23?,24?;3-;;;/m00.../s1. The van der Waals surface area contributed by atoms with Crippen LogP contribution >= 0.6 is 60.6 Å². The molecule has 26 heteroatoms. The summed E-state index contributed by atoms with van der Waals surface area (Å²) in [5.74, 6) is -3.70. The first kappa shape index (κ1) is 62.9. The number of carboxylic acids is 5. The molecule has 0 fully saturated rings. The number of thioether (sulfide) groups is 2. The van der Waals surface area contributed by atoms with E-state index >= 15 is 0 Å². The fourth-order valence-electron chi connectivity index (χ4n) is 5.24. The maximum Gasteiger partial charge on any atom is 0.320 e. The fourth-order valence-corrected chi connectivity index (χ4v) is 7.74. The number of thiocarbonyl (C=S) groups is 2. The summed E-state index contributed by atoms with van der Waals surface area (Å²) in [5.41, 5.74) is 17.5. The van der Waals surface area contributed by atoms with E-state index in [1.807, 2.05) is 39.9 Å². The Morgan fingerprint density at radius 2 is 1.07 bits per heavy atom. The van der Waals surface area contributed by atoms with Crippen molar-refractivity contribution in [2.45, 2.75) is 82.8 Å². The van der Waals surface area contributed by atoms with Gasteiger partial charge in [-0.25, -0.2) is 0 Å². The molecule has 0 saturated heterocycles. The van der Waals surface area contributed by atoms with Crippen LogP contribution in [-0.4, -0.2) is 183 Å². The molecule has 0 aromatic carbocycles. The maximum absolute atomic E-state index is 12.5. The average Bonchev–Trinajstić information content (AvgIpc) is 3.15. The smallest absolute Gasteiger partial charge is 0.320 e. The molecule has 1 aliphatic rings. The van der Waals surface area contributed by atoms with Crippen LogP contribution in [0, 0.1) is 0 Å². The zero-order valence-corrected chi connectivity index (χ0v) is 38.5. The Morgan fingerprint density at radius 3 is 1.38 bits per heavy atom. The van der Waals surface area contributed by atoms with Gasteiger partial charge in [0.1, 0.15) is 38.9 Å². The molecule has 0 spiro atoms. The van der Waals surface area contributed by atoms with Gasteiger partial charge in [0.05, 0.1) is 11.4 Å². The van der Waals surface area contributed by atoms with E-state index in [4.69, 9.17) is 61.9 Å². The number of hydrogen-bond donors (Lipinski definition) is 11. The molecule has 0 aliphatic carbocycles. The van der Waals surface area contributed by atoms with E-state index in [0.29, 0.717) is 83.0 Å². The molecule has 351 valence electrons. The second-order valence-electron chi connectivity index (χ2n) is 13.2. The predicted octanol–water partition coefficient (Wildman–Crippen LogP) is -0.336. The summed E-state index contributed by atoms with van der Waals surface area (Å²) >= 11 is 17.0. The molecule has 1 radical (unpaired) electrons. The summed E-state index contributed by atoms with van der Waals surface area (Å²) in [6.07, 6.45) is 1.45. The minimum Gasteiger partial charge on any atom is -0.480 e. The van der Waals surface area contributed by atoms with Gasteiger partial charge < -0.3 is 63.7 Å². The molecule has 61 heavy (non-hydrogen) atoms. The van der Waals surface area contributed by atoms with Crippen LogP contribution in [0.2, 0.25) is 0 Å². The number of nitrogens with two attached hydrogens (primary N) is 3. The van der Waals surface area contributed by atoms with Gasteiger partial charge in [0.15, 0.2) is 0 Å². The first-order valence-corrected chi connectivity index (χ1v) is 21.7. The third-order valence-corrected chi connectivity index (χ3v) is 11.6. The zero-order valence-electron chi connectivity index (χ0n) is 33.2. The molecule has 1 aliphatic heterocycles. The summed E-state index contributed by atoms with van der Waals surface area (Å²) < 4.78 is 0.878. The second kappa shape index (κ2) is 35.0. The quantitative estimate of drug-likeness (QED) is 0.0426. The number of nitrogens with zero attached hydrogens (tertiary/aromatic N) is 4. The van der Waals surface area contributed by atoms with Crippen molar-refractivity contribution in [3.63, 3.8) is 0 Å². The number of nitrogens with one attached hydrogen (secondary N) is 2. The Morgan fingerprint density at radius 1 is 0.705 bits per heavy atom. The normalized spacial score (nSPS) is 15.9. The molecular weight excluding hydrogens is 938 g/mol. The Hall–Kier alpha value is -2.43. The van der Waals surface area contributed by atoms with Crippen LogP contribution in [0.3, 0.4) is 0 Å². The van der Waals surface area contributed by atoms with Crippen LogP contribution in [0.5, 0.6) is 0 Å². The molecule has 5 atom stereocenters. The van der Waals surface area contributed by atoms with Crippen molar-refractivity contribution in [2.24, 2.45) is 17.2 Å². The van der Waals surface area contributed by atoms with Gasteiger partial charge >= 0.3 is 29.8 Å². The van der Waals surface area contributed by atoms with Crippen molar-refractivity contribution in [1.82, 2.24) is 30.3 Å². The average molecular weight is 1000 g/mol. The molecule has 2 unspecified atom stereocenters. The number of pyridine rings is 1. The molecular formula is C35H63MnN9O11S5. The Balaban J connectivity index is -0.00000277. The minimum atomic E-state index is -1.08. The van der Waals surface area contributed by atoms with Crippen molar-refractivity contribution in [2.75, 3.05) is 63.6 Å². The number of aliphatic carboxylic acids is 5. The minimum absolute atomic E-state index is 0. The molecule has 1 aromatic rings. The molecule has 0 saturated carbocycles. The third-order valence-electron chi connectivity index (χ3n) is 8.67. The van der Waals surface area contributed by atoms with E-state index < -0.39 is 60.1 Å². The summed E-state index contributed by atoms with van der Waals surface area (Å²) in [5, 5.41) is 52.5. The molecule has 15 N–H and O–H groups in total.